The number of hydrogen-bond acceptors (Lipinski definition) is 3. The van der Waals surface area contributed by atoms with Crippen LogP contribution >= 0.6 is 0 Å². The van der Waals surface area contributed by atoms with Crippen LogP contribution in [0, 0.1) is 0 Å². The molecule has 2 N–H and O–H groups in total. The highest BCUT2D eigenvalue weighted by Gasteiger charge is 2.20. The highest BCUT2D eigenvalue weighted by atomic mass is 16.5. The third kappa shape index (κ3) is 2.06. The van der Waals surface area contributed by atoms with Crippen molar-refractivity contribution < 1.29 is 9.47 Å². The molecule has 2 atom stereocenters. The zero-order valence-electron chi connectivity index (χ0n) is 9.90. The zero-order valence-corrected chi connectivity index (χ0v) is 9.90. The minimum atomic E-state index is -0.0547. The lowest BCUT2D eigenvalue weighted by molar-refractivity contribution is 0.0772. The molecule has 88 valence electrons. The molecule has 1 aliphatic rings. The van der Waals surface area contributed by atoms with Gasteiger partial charge in [0, 0.05) is 13.5 Å². The monoisotopic (exact) mass is 221 g/mol. The van der Waals surface area contributed by atoms with Crippen molar-refractivity contribution in [2.45, 2.75) is 31.9 Å². The molecule has 3 nitrogen and oxygen atoms in total. The van der Waals surface area contributed by atoms with E-state index in [1.54, 1.807) is 7.11 Å². The molecule has 0 fully saturated rings. The maximum atomic E-state index is 6.19. The molecule has 1 aliphatic heterocycles. The van der Waals surface area contributed by atoms with Crippen LogP contribution in [0.1, 0.15) is 30.5 Å². The number of benzene rings is 1. The SMILES string of the molecule is CCC(OC)C(N)c1ccc2c(c1)CCO2. The van der Waals surface area contributed by atoms with Crippen molar-refractivity contribution in [3.05, 3.63) is 29.3 Å². The van der Waals surface area contributed by atoms with Gasteiger partial charge in [-0.2, -0.15) is 0 Å². The first-order valence-corrected chi connectivity index (χ1v) is 5.80. The van der Waals surface area contributed by atoms with Crippen LogP contribution in [0.5, 0.6) is 5.75 Å². The fourth-order valence-electron chi connectivity index (χ4n) is 2.20. The van der Waals surface area contributed by atoms with E-state index >= 15 is 0 Å². The summed E-state index contributed by atoms with van der Waals surface area (Å²) in [5.74, 6) is 1.00. The molecule has 0 aliphatic carbocycles. The predicted molar refractivity (Wildman–Crippen MR) is 63.7 cm³/mol. The fourth-order valence-corrected chi connectivity index (χ4v) is 2.20. The summed E-state index contributed by atoms with van der Waals surface area (Å²) in [6, 6.07) is 6.14. The van der Waals surface area contributed by atoms with Crippen molar-refractivity contribution >= 4 is 0 Å². The average Bonchev–Trinajstić information content (AvgIpc) is 2.77. The fraction of sp³-hybridized carbons (Fsp3) is 0.538. The third-order valence-electron chi connectivity index (χ3n) is 3.20. The second-order valence-electron chi connectivity index (χ2n) is 4.17. The van der Waals surface area contributed by atoms with Gasteiger partial charge in [-0.15, -0.1) is 0 Å². The van der Waals surface area contributed by atoms with Crippen LogP contribution in [0.25, 0.3) is 0 Å². The lowest BCUT2D eigenvalue weighted by Gasteiger charge is -2.21. The van der Waals surface area contributed by atoms with Crippen molar-refractivity contribution in [2.75, 3.05) is 13.7 Å². The summed E-state index contributed by atoms with van der Waals surface area (Å²) in [7, 11) is 1.71. The summed E-state index contributed by atoms with van der Waals surface area (Å²) >= 11 is 0. The standard InChI is InChI=1S/C13H19NO2/c1-3-11(15-2)13(14)10-4-5-12-9(8-10)6-7-16-12/h4-5,8,11,13H,3,6-7,14H2,1-2H3. The molecule has 0 bridgehead atoms. The van der Waals surface area contributed by atoms with Crippen molar-refractivity contribution in [3.63, 3.8) is 0 Å². The quantitative estimate of drug-likeness (QED) is 0.846. The molecule has 0 amide bonds. The van der Waals surface area contributed by atoms with Gasteiger partial charge in [-0.25, -0.2) is 0 Å². The molecule has 2 rings (SSSR count). The van der Waals surface area contributed by atoms with E-state index in [4.69, 9.17) is 15.2 Å². The highest BCUT2D eigenvalue weighted by molar-refractivity contribution is 5.40. The van der Waals surface area contributed by atoms with Gasteiger partial charge in [0.25, 0.3) is 0 Å². The van der Waals surface area contributed by atoms with Gasteiger partial charge in [-0.3, -0.25) is 0 Å². The number of nitrogens with two attached hydrogens (primary N) is 1. The van der Waals surface area contributed by atoms with E-state index in [0.717, 1.165) is 30.8 Å². The second kappa shape index (κ2) is 4.85. The topological polar surface area (TPSA) is 44.5 Å². The molecule has 0 radical (unpaired) electrons. The molecule has 2 unspecified atom stereocenters. The predicted octanol–water partition coefficient (Wildman–Crippen LogP) is 2.05. The van der Waals surface area contributed by atoms with Gasteiger partial charge < -0.3 is 15.2 Å². The molecule has 3 heteroatoms. The van der Waals surface area contributed by atoms with E-state index in [-0.39, 0.29) is 12.1 Å². The molecule has 16 heavy (non-hydrogen) atoms. The Balaban J connectivity index is 2.20. The van der Waals surface area contributed by atoms with Gasteiger partial charge >= 0.3 is 0 Å². The van der Waals surface area contributed by atoms with Crippen LogP contribution in [0.4, 0.5) is 0 Å². The Labute approximate surface area is 96.5 Å². The van der Waals surface area contributed by atoms with Gasteiger partial charge in [0.05, 0.1) is 18.8 Å². The Bertz CT molecular complexity index is 361. The number of ether oxygens (including phenoxy) is 2. The van der Waals surface area contributed by atoms with Crippen molar-refractivity contribution in [3.8, 4) is 5.75 Å². The van der Waals surface area contributed by atoms with E-state index in [9.17, 15) is 0 Å². The average molecular weight is 221 g/mol. The van der Waals surface area contributed by atoms with Crippen LogP contribution in [0.2, 0.25) is 0 Å². The highest BCUT2D eigenvalue weighted by Crippen LogP contribution is 2.29. The molecule has 0 spiro atoms. The first-order chi connectivity index (χ1) is 7.76. The first kappa shape index (κ1) is 11.4. The molecule has 0 saturated heterocycles. The summed E-state index contributed by atoms with van der Waals surface area (Å²) in [6.45, 7) is 2.88. The number of methoxy groups -OCH3 is 1. The van der Waals surface area contributed by atoms with E-state index in [1.165, 1.54) is 5.56 Å². The van der Waals surface area contributed by atoms with Gasteiger partial charge in [0.2, 0.25) is 0 Å². The molecule has 1 aromatic carbocycles. The largest absolute Gasteiger partial charge is 0.493 e. The Morgan fingerprint density at radius 3 is 3.00 bits per heavy atom. The molecular formula is C13H19NO2. The minimum absolute atomic E-state index is 0.0547. The maximum Gasteiger partial charge on any atom is 0.122 e. The summed E-state index contributed by atoms with van der Waals surface area (Å²) < 4.78 is 10.9. The van der Waals surface area contributed by atoms with Gasteiger partial charge in [-0.1, -0.05) is 19.1 Å². The maximum absolute atomic E-state index is 6.19. The molecule has 0 saturated carbocycles. The third-order valence-corrected chi connectivity index (χ3v) is 3.20. The zero-order chi connectivity index (χ0) is 11.5. The van der Waals surface area contributed by atoms with Crippen LogP contribution in [0.3, 0.4) is 0 Å². The lowest BCUT2D eigenvalue weighted by atomic mass is 9.98. The van der Waals surface area contributed by atoms with Crippen LogP contribution in [-0.2, 0) is 11.2 Å². The molecule has 1 aromatic rings. The number of fused-ring (bicyclic) bond motifs is 1. The van der Waals surface area contributed by atoms with Crippen molar-refractivity contribution in [1.82, 2.24) is 0 Å². The van der Waals surface area contributed by atoms with Gasteiger partial charge in [0.15, 0.2) is 0 Å². The van der Waals surface area contributed by atoms with Crippen LogP contribution in [-0.4, -0.2) is 19.8 Å². The van der Waals surface area contributed by atoms with Crippen LogP contribution in [0.15, 0.2) is 18.2 Å². The minimum Gasteiger partial charge on any atom is -0.493 e. The second-order valence-corrected chi connectivity index (χ2v) is 4.17. The Morgan fingerprint density at radius 1 is 1.50 bits per heavy atom. The van der Waals surface area contributed by atoms with Crippen LogP contribution < -0.4 is 10.5 Å². The summed E-state index contributed by atoms with van der Waals surface area (Å²) in [6.07, 6.45) is 1.99. The Morgan fingerprint density at radius 2 is 2.31 bits per heavy atom. The number of hydrogen-bond donors (Lipinski definition) is 1. The van der Waals surface area contributed by atoms with Gasteiger partial charge in [0.1, 0.15) is 5.75 Å². The van der Waals surface area contributed by atoms with E-state index < -0.39 is 0 Å². The van der Waals surface area contributed by atoms with E-state index in [2.05, 4.69) is 13.0 Å². The summed E-state index contributed by atoms with van der Waals surface area (Å²) in [5, 5.41) is 0. The van der Waals surface area contributed by atoms with E-state index in [1.807, 2.05) is 12.1 Å². The first-order valence-electron chi connectivity index (χ1n) is 5.80. The Hall–Kier alpha value is -1.06. The smallest absolute Gasteiger partial charge is 0.122 e. The van der Waals surface area contributed by atoms with E-state index in [0.29, 0.717) is 0 Å². The normalized spacial score (nSPS) is 17.7. The lowest BCUT2D eigenvalue weighted by Crippen LogP contribution is -2.27. The Kier molecular flexibility index (Phi) is 3.46. The molecular weight excluding hydrogens is 202 g/mol. The molecule has 0 aromatic heterocycles. The summed E-state index contributed by atoms with van der Waals surface area (Å²) in [4.78, 5) is 0. The number of rotatable bonds is 4. The van der Waals surface area contributed by atoms with Crippen molar-refractivity contribution in [2.24, 2.45) is 5.73 Å². The molecule has 1 heterocycles. The van der Waals surface area contributed by atoms with Crippen molar-refractivity contribution in [1.29, 1.82) is 0 Å². The summed E-state index contributed by atoms with van der Waals surface area (Å²) in [5.41, 5.74) is 8.59. The van der Waals surface area contributed by atoms with Gasteiger partial charge in [-0.05, 0) is 23.6 Å².